The quantitative estimate of drug-likeness (QED) is 0.745. The minimum absolute atomic E-state index is 0.158. The Balaban J connectivity index is 1.40. The van der Waals surface area contributed by atoms with Gasteiger partial charge < -0.3 is 13.8 Å². The first kappa shape index (κ1) is 17.6. The van der Waals surface area contributed by atoms with Crippen LogP contribution in [0.15, 0.2) is 13.9 Å². The van der Waals surface area contributed by atoms with Gasteiger partial charge in [0, 0.05) is 19.0 Å². The van der Waals surface area contributed by atoms with Gasteiger partial charge in [-0.15, -0.1) is 0 Å². The monoisotopic (exact) mass is 382 g/mol. The van der Waals surface area contributed by atoms with E-state index in [-0.39, 0.29) is 17.6 Å². The van der Waals surface area contributed by atoms with Gasteiger partial charge in [0.1, 0.15) is 17.2 Å². The van der Waals surface area contributed by atoms with Gasteiger partial charge >= 0.3 is 0 Å². The zero-order valence-corrected chi connectivity index (χ0v) is 15.7. The van der Waals surface area contributed by atoms with Gasteiger partial charge in [0.2, 0.25) is 15.9 Å². The standard InChI is InChI=1S/C16H22N4O5S/c1-10-15(11(2)24-18-10)26(21,22)20-7-3-4-13(8-20)23-9-14-17-16(25-19-14)12-5-6-12/h12-13H,3-9H2,1-2H3. The zero-order valence-electron chi connectivity index (χ0n) is 14.8. The molecule has 4 rings (SSSR count). The van der Waals surface area contributed by atoms with Gasteiger partial charge in [-0.2, -0.15) is 9.29 Å². The Hall–Kier alpha value is -1.78. The van der Waals surface area contributed by atoms with Crippen LogP contribution in [0.4, 0.5) is 0 Å². The first-order valence-corrected chi connectivity index (χ1v) is 10.3. The van der Waals surface area contributed by atoms with Crippen molar-refractivity contribution >= 4 is 10.0 Å². The van der Waals surface area contributed by atoms with Crippen LogP contribution in [0.25, 0.3) is 0 Å². The molecule has 1 atom stereocenters. The number of sulfonamides is 1. The van der Waals surface area contributed by atoms with Crippen molar-refractivity contribution in [3.05, 3.63) is 23.2 Å². The molecular weight excluding hydrogens is 360 g/mol. The molecule has 0 radical (unpaired) electrons. The predicted octanol–water partition coefficient (Wildman–Crippen LogP) is 1.92. The minimum Gasteiger partial charge on any atom is -0.369 e. The minimum atomic E-state index is -3.65. The van der Waals surface area contributed by atoms with Crippen molar-refractivity contribution in [2.24, 2.45) is 0 Å². The molecule has 26 heavy (non-hydrogen) atoms. The van der Waals surface area contributed by atoms with Gasteiger partial charge in [0.25, 0.3) is 0 Å². The molecule has 3 heterocycles. The second-order valence-electron chi connectivity index (χ2n) is 6.91. The molecule has 1 aliphatic heterocycles. The summed E-state index contributed by atoms with van der Waals surface area (Å²) in [5.41, 5.74) is 0.380. The summed E-state index contributed by atoms with van der Waals surface area (Å²) >= 11 is 0. The SMILES string of the molecule is Cc1noc(C)c1S(=O)(=O)N1CCCC(OCc2noc(C3CC3)n2)C1. The maximum Gasteiger partial charge on any atom is 0.248 e. The van der Waals surface area contributed by atoms with Crippen molar-refractivity contribution in [2.75, 3.05) is 13.1 Å². The lowest BCUT2D eigenvalue weighted by Gasteiger charge is -2.31. The zero-order chi connectivity index (χ0) is 18.3. The second-order valence-corrected chi connectivity index (χ2v) is 8.79. The Morgan fingerprint density at radius 3 is 2.69 bits per heavy atom. The van der Waals surface area contributed by atoms with Crippen molar-refractivity contribution in [2.45, 2.75) is 63.1 Å². The van der Waals surface area contributed by atoms with Crippen LogP contribution in [0.2, 0.25) is 0 Å². The van der Waals surface area contributed by atoms with Crippen LogP contribution in [-0.2, 0) is 21.4 Å². The summed E-state index contributed by atoms with van der Waals surface area (Å²) in [5.74, 6) is 1.90. The molecule has 1 aliphatic carbocycles. The number of ether oxygens (including phenoxy) is 1. The molecule has 0 N–H and O–H groups in total. The first-order chi connectivity index (χ1) is 12.4. The number of hydrogen-bond donors (Lipinski definition) is 0. The van der Waals surface area contributed by atoms with E-state index in [0.717, 1.165) is 25.7 Å². The molecule has 1 saturated carbocycles. The summed E-state index contributed by atoms with van der Waals surface area (Å²) in [6, 6.07) is 0. The van der Waals surface area contributed by atoms with E-state index < -0.39 is 10.0 Å². The molecule has 2 aromatic heterocycles. The van der Waals surface area contributed by atoms with Gasteiger partial charge in [-0.1, -0.05) is 10.3 Å². The molecule has 2 aliphatic rings. The fraction of sp³-hybridized carbons (Fsp3) is 0.688. The van der Waals surface area contributed by atoms with E-state index in [0.29, 0.717) is 42.2 Å². The van der Waals surface area contributed by atoms with E-state index in [1.165, 1.54) is 4.31 Å². The van der Waals surface area contributed by atoms with Crippen molar-refractivity contribution in [1.82, 2.24) is 19.6 Å². The summed E-state index contributed by atoms with van der Waals surface area (Å²) in [6.45, 7) is 4.22. The molecular formula is C16H22N4O5S. The van der Waals surface area contributed by atoms with Gasteiger partial charge in [0.05, 0.1) is 6.10 Å². The summed E-state index contributed by atoms with van der Waals surface area (Å²) in [5, 5.41) is 7.68. The largest absolute Gasteiger partial charge is 0.369 e. The van der Waals surface area contributed by atoms with Gasteiger partial charge in [-0.05, 0) is 39.5 Å². The maximum atomic E-state index is 12.9. The van der Waals surface area contributed by atoms with E-state index in [4.69, 9.17) is 13.8 Å². The Morgan fingerprint density at radius 1 is 1.19 bits per heavy atom. The Labute approximate surface area is 151 Å². The molecule has 1 unspecified atom stereocenters. The molecule has 1 saturated heterocycles. The van der Waals surface area contributed by atoms with Gasteiger partial charge in [-0.25, -0.2) is 8.42 Å². The van der Waals surface area contributed by atoms with Crippen LogP contribution in [0.1, 0.15) is 54.8 Å². The number of aromatic nitrogens is 3. The topological polar surface area (TPSA) is 112 Å². The first-order valence-electron chi connectivity index (χ1n) is 8.82. The molecule has 0 amide bonds. The average Bonchev–Trinajstić information content (AvgIpc) is 3.26. The summed E-state index contributed by atoms with van der Waals surface area (Å²) < 4.78 is 43.4. The molecule has 9 nitrogen and oxygen atoms in total. The molecule has 10 heteroatoms. The third-order valence-electron chi connectivity index (χ3n) is 4.77. The molecule has 0 spiro atoms. The van der Waals surface area contributed by atoms with Crippen molar-refractivity contribution in [3.63, 3.8) is 0 Å². The number of rotatable bonds is 6. The summed E-state index contributed by atoms with van der Waals surface area (Å²) in [6.07, 6.45) is 3.51. The van der Waals surface area contributed by atoms with Crippen LogP contribution in [0.5, 0.6) is 0 Å². The van der Waals surface area contributed by atoms with Crippen molar-refractivity contribution < 1.29 is 22.2 Å². The highest BCUT2D eigenvalue weighted by molar-refractivity contribution is 7.89. The van der Waals surface area contributed by atoms with Crippen LogP contribution in [0.3, 0.4) is 0 Å². The highest BCUT2D eigenvalue weighted by atomic mass is 32.2. The number of nitrogens with zero attached hydrogens (tertiary/aromatic N) is 4. The highest BCUT2D eigenvalue weighted by Crippen LogP contribution is 2.38. The van der Waals surface area contributed by atoms with Crippen molar-refractivity contribution in [3.8, 4) is 0 Å². The van der Waals surface area contributed by atoms with Gasteiger partial charge in [0.15, 0.2) is 11.6 Å². The fourth-order valence-electron chi connectivity index (χ4n) is 3.25. The van der Waals surface area contributed by atoms with E-state index in [1.807, 2.05) is 0 Å². The van der Waals surface area contributed by atoms with Crippen LogP contribution in [-0.4, -0.2) is 47.2 Å². The van der Waals surface area contributed by atoms with E-state index in [9.17, 15) is 8.42 Å². The lowest BCUT2D eigenvalue weighted by Crippen LogP contribution is -2.43. The molecule has 2 fully saturated rings. The summed E-state index contributed by atoms with van der Waals surface area (Å²) in [7, 11) is -3.65. The molecule has 2 aromatic rings. The highest BCUT2D eigenvalue weighted by Gasteiger charge is 2.35. The van der Waals surface area contributed by atoms with E-state index >= 15 is 0 Å². The van der Waals surface area contributed by atoms with E-state index in [1.54, 1.807) is 13.8 Å². The molecule has 142 valence electrons. The van der Waals surface area contributed by atoms with Crippen LogP contribution >= 0.6 is 0 Å². The smallest absolute Gasteiger partial charge is 0.248 e. The third-order valence-corrected chi connectivity index (χ3v) is 6.88. The number of piperidine rings is 1. The van der Waals surface area contributed by atoms with Crippen LogP contribution < -0.4 is 0 Å². The molecule has 0 aromatic carbocycles. The average molecular weight is 382 g/mol. The number of aryl methyl sites for hydroxylation is 2. The van der Waals surface area contributed by atoms with Crippen LogP contribution in [0, 0.1) is 13.8 Å². The third kappa shape index (κ3) is 3.40. The predicted molar refractivity (Wildman–Crippen MR) is 88.8 cm³/mol. The maximum absolute atomic E-state index is 12.9. The number of hydrogen-bond acceptors (Lipinski definition) is 8. The normalized spacial score (nSPS) is 22.0. The molecule has 0 bridgehead atoms. The Morgan fingerprint density at radius 2 is 2.00 bits per heavy atom. The second kappa shape index (κ2) is 6.75. The van der Waals surface area contributed by atoms with Gasteiger partial charge in [-0.3, -0.25) is 0 Å². The Kier molecular flexibility index (Phi) is 4.57. The lowest BCUT2D eigenvalue weighted by atomic mass is 10.1. The van der Waals surface area contributed by atoms with E-state index in [2.05, 4.69) is 15.3 Å². The summed E-state index contributed by atoms with van der Waals surface area (Å²) in [4.78, 5) is 4.49. The Bertz CT molecular complexity index is 867. The lowest BCUT2D eigenvalue weighted by molar-refractivity contribution is 0.00436. The fourth-order valence-corrected chi connectivity index (χ4v) is 5.05. The van der Waals surface area contributed by atoms with Crippen molar-refractivity contribution in [1.29, 1.82) is 0 Å².